The Bertz CT molecular complexity index is 612. The van der Waals surface area contributed by atoms with Gasteiger partial charge in [-0.1, -0.05) is 0 Å². The molecular weight excluding hydrogens is 283 g/mol. The second-order valence-corrected chi connectivity index (χ2v) is 4.14. The summed E-state index contributed by atoms with van der Waals surface area (Å²) in [4.78, 5) is 7.79. The van der Waals surface area contributed by atoms with E-state index in [9.17, 15) is 5.11 Å². The van der Waals surface area contributed by atoms with Gasteiger partial charge in [0.25, 0.3) is 0 Å². The molecule has 0 fully saturated rings. The zero-order chi connectivity index (χ0) is 14.7. The third-order valence-electron chi connectivity index (χ3n) is 2.83. The predicted octanol–water partition coefficient (Wildman–Crippen LogP) is -2.67. The second kappa shape index (κ2) is 7.35. The van der Waals surface area contributed by atoms with Gasteiger partial charge in [0, 0.05) is 18.2 Å². The number of benzene rings is 1. The molecule has 7 nitrogen and oxygen atoms in total. The molecule has 106 valence electrons. The number of anilines is 2. The molecule has 1 aromatic heterocycles. The molecule has 0 saturated carbocycles. The van der Waals surface area contributed by atoms with Crippen LogP contribution in [0.4, 0.5) is 11.8 Å². The quantitative estimate of drug-likeness (QED) is 0.591. The number of methoxy groups -OCH3 is 2. The molecule has 21 heavy (non-hydrogen) atoms. The van der Waals surface area contributed by atoms with Crippen molar-refractivity contribution in [3.8, 4) is 17.2 Å². The van der Waals surface area contributed by atoms with Gasteiger partial charge in [0.2, 0.25) is 5.95 Å². The van der Waals surface area contributed by atoms with Gasteiger partial charge in [-0.3, -0.25) is 0 Å². The van der Waals surface area contributed by atoms with E-state index in [1.54, 1.807) is 18.3 Å². The van der Waals surface area contributed by atoms with Crippen molar-refractivity contribution in [1.82, 2.24) is 9.97 Å². The van der Waals surface area contributed by atoms with Crippen LogP contribution < -0.4 is 55.6 Å². The van der Waals surface area contributed by atoms with E-state index in [2.05, 4.69) is 9.97 Å². The molecule has 2 aromatic rings. The van der Waals surface area contributed by atoms with E-state index in [1.165, 1.54) is 14.2 Å². The number of aromatic nitrogens is 2. The van der Waals surface area contributed by atoms with E-state index in [1.807, 2.05) is 0 Å². The summed E-state index contributed by atoms with van der Waals surface area (Å²) in [7, 11) is 2.86. The van der Waals surface area contributed by atoms with Gasteiger partial charge in [-0.25, -0.2) is 4.98 Å². The van der Waals surface area contributed by atoms with Crippen LogP contribution in [0.15, 0.2) is 18.3 Å². The van der Waals surface area contributed by atoms with Gasteiger partial charge in [0.05, 0.1) is 14.2 Å². The molecule has 0 aliphatic rings. The second-order valence-electron chi connectivity index (χ2n) is 4.14. The fourth-order valence-electron chi connectivity index (χ4n) is 1.83. The van der Waals surface area contributed by atoms with Crippen LogP contribution in [-0.2, 0) is 6.42 Å². The van der Waals surface area contributed by atoms with Crippen molar-refractivity contribution >= 4 is 11.8 Å². The van der Waals surface area contributed by atoms with E-state index >= 15 is 0 Å². The molecule has 1 heterocycles. The van der Waals surface area contributed by atoms with Crippen LogP contribution in [0.3, 0.4) is 0 Å². The molecular formula is C13H15N4NaO3. The Balaban J connectivity index is 0.00000220. The van der Waals surface area contributed by atoms with Gasteiger partial charge in [-0.15, -0.1) is 0 Å². The van der Waals surface area contributed by atoms with Crippen molar-refractivity contribution in [3.05, 3.63) is 29.5 Å². The smallest absolute Gasteiger partial charge is 0.867 e. The molecule has 4 N–H and O–H groups in total. The number of hydrogen-bond donors (Lipinski definition) is 2. The van der Waals surface area contributed by atoms with Crippen molar-refractivity contribution < 1.29 is 44.1 Å². The van der Waals surface area contributed by atoms with Crippen molar-refractivity contribution in [2.45, 2.75) is 6.42 Å². The molecule has 0 unspecified atom stereocenters. The SMILES string of the molecule is COc1cc(Cc2cnc(N)nc2N)cc(OC)c1[O-].[Na+]. The van der Waals surface area contributed by atoms with Crippen molar-refractivity contribution in [3.63, 3.8) is 0 Å². The Hall–Kier alpha value is -1.70. The summed E-state index contributed by atoms with van der Waals surface area (Å²) in [6.07, 6.45) is 2.00. The van der Waals surface area contributed by atoms with E-state index < -0.39 is 0 Å². The van der Waals surface area contributed by atoms with Gasteiger partial charge in [0.1, 0.15) is 17.3 Å². The summed E-state index contributed by atoms with van der Waals surface area (Å²) in [6, 6.07) is 3.28. The Labute approximate surface area is 144 Å². The zero-order valence-electron chi connectivity index (χ0n) is 12.2. The molecule has 0 amide bonds. The minimum absolute atomic E-state index is 0. The average Bonchev–Trinajstić information content (AvgIpc) is 2.43. The summed E-state index contributed by atoms with van der Waals surface area (Å²) in [5.41, 5.74) is 12.7. The summed E-state index contributed by atoms with van der Waals surface area (Å²) in [6.45, 7) is 0. The number of ether oxygens (including phenoxy) is 2. The van der Waals surface area contributed by atoms with Crippen LogP contribution >= 0.6 is 0 Å². The molecule has 0 radical (unpaired) electrons. The van der Waals surface area contributed by atoms with Gasteiger partial charge in [-0.05, 0) is 23.4 Å². The minimum atomic E-state index is -0.291. The summed E-state index contributed by atoms with van der Waals surface area (Å²) >= 11 is 0. The Morgan fingerprint density at radius 2 is 1.71 bits per heavy atom. The van der Waals surface area contributed by atoms with Gasteiger partial charge in [-0.2, -0.15) is 4.98 Å². The first-order valence-electron chi connectivity index (χ1n) is 5.84. The monoisotopic (exact) mass is 298 g/mol. The molecule has 2 rings (SSSR count). The first kappa shape index (κ1) is 17.4. The van der Waals surface area contributed by atoms with Crippen LogP contribution in [0.2, 0.25) is 0 Å². The maximum atomic E-state index is 11.8. The molecule has 0 aliphatic carbocycles. The number of rotatable bonds is 4. The van der Waals surface area contributed by atoms with Crippen LogP contribution in [0.1, 0.15) is 11.1 Å². The van der Waals surface area contributed by atoms with E-state index in [-0.39, 0.29) is 52.8 Å². The largest absolute Gasteiger partial charge is 1.00 e. The van der Waals surface area contributed by atoms with Crippen molar-refractivity contribution in [2.75, 3.05) is 25.7 Å². The summed E-state index contributed by atoms with van der Waals surface area (Å²) in [5, 5.41) is 11.8. The predicted molar refractivity (Wildman–Crippen MR) is 72.7 cm³/mol. The van der Waals surface area contributed by atoms with Crippen LogP contribution in [0.25, 0.3) is 0 Å². The molecule has 0 saturated heterocycles. The molecule has 0 bridgehead atoms. The zero-order valence-corrected chi connectivity index (χ0v) is 14.2. The first-order valence-corrected chi connectivity index (χ1v) is 5.84. The van der Waals surface area contributed by atoms with Crippen LogP contribution in [0.5, 0.6) is 17.2 Å². The maximum absolute atomic E-state index is 11.8. The Kier molecular flexibility index (Phi) is 6.07. The van der Waals surface area contributed by atoms with Gasteiger partial charge in [0.15, 0.2) is 0 Å². The fourth-order valence-corrected chi connectivity index (χ4v) is 1.83. The number of nitrogen functional groups attached to an aromatic ring is 2. The molecule has 0 aliphatic heterocycles. The third-order valence-corrected chi connectivity index (χ3v) is 2.83. The summed E-state index contributed by atoms with van der Waals surface area (Å²) < 4.78 is 10.1. The van der Waals surface area contributed by atoms with Gasteiger partial charge >= 0.3 is 29.6 Å². The minimum Gasteiger partial charge on any atom is -0.867 e. The number of hydrogen-bond acceptors (Lipinski definition) is 7. The van der Waals surface area contributed by atoms with E-state index in [0.29, 0.717) is 17.8 Å². The topological polar surface area (TPSA) is 119 Å². The van der Waals surface area contributed by atoms with E-state index in [4.69, 9.17) is 20.9 Å². The number of nitrogens with zero attached hydrogens (tertiary/aromatic N) is 2. The Morgan fingerprint density at radius 1 is 1.14 bits per heavy atom. The molecule has 8 heteroatoms. The van der Waals surface area contributed by atoms with E-state index in [0.717, 1.165) is 5.56 Å². The normalized spacial score (nSPS) is 9.81. The van der Waals surface area contributed by atoms with Crippen LogP contribution in [-0.4, -0.2) is 24.2 Å². The fraction of sp³-hybridized carbons (Fsp3) is 0.231. The van der Waals surface area contributed by atoms with Crippen molar-refractivity contribution in [1.29, 1.82) is 0 Å². The van der Waals surface area contributed by atoms with Gasteiger partial charge < -0.3 is 26.0 Å². The third kappa shape index (κ3) is 3.90. The Morgan fingerprint density at radius 3 is 2.19 bits per heavy atom. The van der Waals surface area contributed by atoms with Crippen molar-refractivity contribution in [2.24, 2.45) is 0 Å². The number of nitrogens with two attached hydrogens (primary N) is 2. The average molecular weight is 298 g/mol. The molecule has 1 aromatic carbocycles. The van der Waals surface area contributed by atoms with Crippen LogP contribution in [0, 0.1) is 0 Å². The molecule has 0 atom stereocenters. The maximum Gasteiger partial charge on any atom is 1.00 e. The molecule has 0 spiro atoms. The first-order chi connectivity index (χ1) is 9.55. The summed E-state index contributed by atoms with van der Waals surface area (Å²) in [5.74, 6) is 0.571. The standard InChI is InChI=1S/C13H16N4O3.Na/c1-19-9-4-7(5-10(20-2)11(9)18)3-8-6-16-13(15)17-12(8)14;/h4-6,18H,3H2,1-2H3,(H4,14,15,16,17);/q;+1/p-1.